The molecule has 0 unspecified atom stereocenters. The topological polar surface area (TPSA) is 71.4 Å². The summed E-state index contributed by atoms with van der Waals surface area (Å²) in [6, 6.07) is 0. The molecule has 4 heteroatoms. The molecule has 4 nitrogen and oxygen atoms in total. The zero-order valence-corrected chi connectivity index (χ0v) is 7.99. The number of rotatable bonds is 4. The number of hydrogen-bond acceptors (Lipinski definition) is 3. The molecular weight excluding hydrogens is 184 g/mol. The smallest absolute Gasteiger partial charge is 0.372 e. The van der Waals surface area contributed by atoms with Crippen molar-refractivity contribution >= 4 is 17.5 Å². The number of Topliss-reactive ketones (excluding diaryl/α,β-unsaturated/α-hetero) is 2. The van der Waals surface area contributed by atoms with E-state index in [2.05, 4.69) is 0 Å². The van der Waals surface area contributed by atoms with Gasteiger partial charge in [-0.3, -0.25) is 9.59 Å². The molecule has 1 rings (SSSR count). The molecule has 0 aromatic carbocycles. The van der Waals surface area contributed by atoms with E-state index in [1.807, 2.05) is 0 Å². The summed E-state index contributed by atoms with van der Waals surface area (Å²) in [7, 11) is 0. The van der Waals surface area contributed by atoms with Gasteiger partial charge in [-0.2, -0.15) is 0 Å². The third-order valence-corrected chi connectivity index (χ3v) is 2.63. The molecule has 1 fully saturated rings. The third-order valence-electron chi connectivity index (χ3n) is 2.63. The third kappa shape index (κ3) is 2.94. The molecule has 0 radical (unpaired) electrons. The molecule has 0 atom stereocenters. The molecule has 0 bridgehead atoms. The van der Waals surface area contributed by atoms with Gasteiger partial charge in [0.2, 0.25) is 5.78 Å². The molecule has 1 saturated carbocycles. The van der Waals surface area contributed by atoms with Crippen LogP contribution in [0.4, 0.5) is 0 Å². The maximum Gasteiger partial charge on any atom is 0.372 e. The normalized spacial score (nSPS) is 17.7. The molecule has 0 spiro atoms. The second kappa shape index (κ2) is 4.88. The summed E-state index contributed by atoms with van der Waals surface area (Å²) in [6.45, 7) is 0. The Bertz CT molecular complexity index is 251. The molecule has 0 aromatic heterocycles. The van der Waals surface area contributed by atoms with Crippen molar-refractivity contribution in [2.24, 2.45) is 5.92 Å². The van der Waals surface area contributed by atoms with Gasteiger partial charge in [-0.1, -0.05) is 19.3 Å². The zero-order chi connectivity index (χ0) is 10.6. The van der Waals surface area contributed by atoms with Crippen LogP contribution in [0.15, 0.2) is 0 Å². The quantitative estimate of drug-likeness (QED) is 0.544. The average molecular weight is 198 g/mol. The Kier molecular flexibility index (Phi) is 3.80. The summed E-state index contributed by atoms with van der Waals surface area (Å²) in [5, 5.41) is 8.33. The standard InChI is InChI=1S/C10H14O4/c11-8(6-9(12)10(13)14)7-4-2-1-3-5-7/h7H,1-6H2,(H,13,14). The highest BCUT2D eigenvalue weighted by Crippen LogP contribution is 2.25. The predicted molar refractivity (Wildman–Crippen MR) is 48.8 cm³/mol. The van der Waals surface area contributed by atoms with Gasteiger partial charge in [0, 0.05) is 5.92 Å². The first kappa shape index (κ1) is 10.9. The number of carboxylic acid groups (broad SMARTS) is 1. The molecule has 0 amide bonds. The Labute approximate surface area is 82.3 Å². The van der Waals surface area contributed by atoms with E-state index in [1.165, 1.54) is 0 Å². The average Bonchev–Trinajstić information content (AvgIpc) is 2.19. The van der Waals surface area contributed by atoms with Crippen LogP contribution in [0.25, 0.3) is 0 Å². The number of ketones is 2. The van der Waals surface area contributed by atoms with Crippen molar-refractivity contribution in [3.05, 3.63) is 0 Å². The van der Waals surface area contributed by atoms with Gasteiger partial charge in [0.1, 0.15) is 5.78 Å². The summed E-state index contributed by atoms with van der Waals surface area (Å²) in [6.07, 6.45) is 4.35. The van der Waals surface area contributed by atoms with E-state index in [0.717, 1.165) is 32.1 Å². The largest absolute Gasteiger partial charge is 0.475 e. The van der Waals surface area contributed by atoms with Crippen LogP contribution in [0.1, 0.15) is 38.5 Å². The highest BCUT2D eigenvalue weighted by molar-refractivity contribution is 6.36. The Morgan fingerprint density at radius 2 is 1.64 bits per heavy atom. The highest BCUT2D eigenvalue weighted by Gasteiger charge is 2.25. The maximum atomic E-state index is 11.4. The van der Waals surface area contributed by atoms with Crippen molar-refractivity contribution in [3.8, 4) is 0 Å². The molecule has 1 aliphatic carbocycles. The minimum atomic E-state index is -1.51. The minimum Gasteiger partial charge on any atom is -0.475 e. The first-order chi connectivity index (χ1) is 6.61. The lowest BCUT2D eigenvalue weighted by atomic mass is 9.85. The van der Waals surface area contributed by atoms with Crippen LogP contribution in [-0.2, 0) is 14.4 Å². The van der Waals surface area contributed by atoms with E-state index < -0.39 is 18.2 Å². The van der Waals surface area contributed by atoms with Gasteiger partial charge in [0.15, 0.2) is 0 Å². The summed E-state index contributed by atoms with van der Waals surface area (Å²) >= 11 is 0. The second-order valence-electron chi connectivity index (χ2n) is 3.71. The van der Waals surface area contributed by atoms with Crippen molar-refractivity contribution in [3.63, 3.8) is 0 Å². The summed E-state index contributed by atoms with van der Waals surface area (Å²) in [5.74, 6) is -2.76. The van der Waals surface area contributed by atoms with Crippen LogP contribution < -0.4 is 0 Å². The number of aliphatic carboxylic acids is 1. The van der Waals surface area contributed by atoms with E-state index in [4.69, 9.17) is 5.11 Å². The van der Waals surface area contributed by atoms with Crippen molar-refractivity contribution in [1.29, 1.82) is 0 Å². The van der Waals surface area contributed by atoms with Gasteiger partial charge in [-0.15, -0.1) is 0 Å². The number of carboxylic acids is 1. The molecule has 0 saturated heterocycles. The van der Waals surface area contributed by atoms with Gasteiger partial charge in [0.25, 0.3) is 0 Å². The maximum absolute atomic E-state index is 11.4. The Morgan fingerprint density at radius 3 is 2.14 bits per heavy atom. The van der Waals surface area contributed by atoms with Crippen molar-refractivity contribution in [2.45, 2.75) is 38.5 Å². The molecule has 1 N–H and O–H groups in total. The van der Waals surface area contributed by atoms with Crippen molar-refractivity contribution < 1.29 is 19.5 Å². The molecule has 78 valence electrons. The fourth-order valence-electron chi connectivity index (χ4n) is 1.80. The van der Waals surface area contributed by atoms with Gasteiger partial charge >= 0.3 is 5.97 Å². The molecule has 0 aromatic rings. The first-order valence-electron chi connectivity index (χ1n) is 4.90. The van der Waals surface area contributed by atoms with Crippen LogP contribution in [0.5, 0.6) is 0 Å². The van der Waals surface area contributed by atoms with Crippen LogP contribution in [0, 0.1) is 5.92 Å². The number of hydrogen-bond donors (Lipinski definition) is 1. The summed E-state index contributed by atoms with van der Waals surface area (Å²) < 4.78 is 0. The van der Waals surface area contributed by atoms with Crippen LogP contribution in [0.2, 0.25) is 0 Å². The lowest BCUT2D eigenvalue weighted by Gasteiger charge is -2.19. The predicted octanol–water partition coefficient (Wildman–Crippen LogP) is 1.18. The van der Waals surface area contributed by atoms with E-state index in [-0.39, 0.29) is 11.7 Å². The van der Waals surface area contributed by atoms with E-state index in [9.17, 15) is 14.4 Å². The van der Waals surface area contributed by atoms with Gasteiger partial charge in [0.05, 0.1) is 6.42 Å². The second-order valence-corrected chi connectivity index (χ2v) is 3.71. The van der Waals surface area contributed by atoms with Crippen LogP contribution in [-0.4, -0.2) is 22.6 Å². The van der Waals surface area contributed by atoms with E-state index in [0.29, 0.717) is 0 Å². The Morgan fingerprint density at radius 1 is 1.07 bits per heavy atom. The molecule has 14 heavy (non-hydrogen) atoms. The van der Waals surface area contributed by atoms with Gasteiger partial charge in [-0.25, -0.2) is 4.79 Å². The van der Waals surface area contributed by atoms with Gasteiger partial charge in [-0.05, 0) is 12.8 Å². The van der Waals surface area contributed by atoms with Crippen LogP contribution in [0.3, 0.4) is 0 Å². The summed E-state index contributed by atoms with van der Waals surface area (Å²) in [4.78, 5) is 32.4. The number of carbonyl (C=O) groups is 3. The Hall–Kier alpha value is -1.19. The van der Waals surface area contributed by atoms with E-state index >= 15 is 0 Å². The fourth-order valence-corrected chi connectivity index (χ4v) is 1.80. The molecular formula is C10H14O4. The van der Waals surface area contributed by atoms with Crippen molar-refractivity contribution in [1.82, 2.24) is 0 Å². The number of carbonyl (C=O) groups excluding carboxylic acids is 2. The van der Waals surface area contributed by atoms with E-state index in [1.54, 1.807) is 0 Å². The fraction of sp³-hybridized carbons (Fsp3) is 0.700. The van der Waals surface area contributed by atoms with Crippen molar-refractivity contribution in [2.75, 3.05) is 0 Å². The lowest BCUT2D eigenvalue weighted by Crippen LogP contribution is -2.24. The molecule has 0 aliphatic heterocycles. The molecule has 0 heterocycles. The lowest BCUT2D eigenvalue weighted by molar-refractivity contribution is -0.150. The Balaban J connectivity index is 2.40. The SMILES string of the molecule is O=C(O)C(=O)CC(=O)C1CCCCC1. The molecule has 1 aliphatic rings. The zero-order valence-electron chi connectivity index (χ0n) is 7.99. The van der Waals surface area contributed by atoms with Crippen LogP contribution >= 0.6 is 0 Å². The first-order valence-corrected chi connectivity index (χ1v) is 4.90. The summed E-state index contributed by atoms with van der Waals surface area (Å²) in [5.41, 5.74) is 0. The highest BCUT2D eigenvalue weighted by atomic mass is 16.4. The minimum absolute atomic E-state index is 0.0768. The monoisotopic (exact) mass is 198 g/mol. The van der Waals surface area contributed by atoms with Gasteiger partial charge < -0.3 is 5.11 Å².